The summed E-state index contributed by atoms with van der Waals surface area (Å²) in [4.78, 5) is 4.70. The molecule has 3 aromatic heterocycles. The SMILES string of the molecule is Cc1ccnc(-n2c3[c-]c(Oc4[c-]c(-n5nc(C)c(-c6c(C(C)(C)C)cccc6C(C)(C)C)c5C)ccc4)ccc3c3ccccc32)c1.[Pd+2]. The van der Waals surface area contributed by atoms with Crippen LogP contribution in [0.3, 0.4) is 0 Å². The van der Waals surface area contributed by atoms with Crippen LogP contribution in [0.2, 0.25) is 0 Å². The van der Waals surface area contributed by atoms with E-state index in [0.29, 0.717) is 11.5 Å². The molecule has 5 nitrogen and oxygen atoms in total. The van der Waals surface area contributed by atoms with Crippen LogP contribution in [-0.4, -0.2) is 19.3 Å². The van der Waals surface area contributed by atoms with Crippen LogP contribution in [0.4, 0.5) is 0 Å². The van der Waals surface area contributed by atoms with Crippen molar-refractivity contribution in [3.05, 3.63) is 131 Å². The molecule has 0 radical (unpaired) electrons. The van der Waals surface area contributed by atoms with E-state index in [2.05, 4.69) is 134 Å². The van der Waals surface area contributed by atoms with Crippen molar-refractivity contribution in [2.45, 2.75) is 73.1 Å². The summed E-state index contributed by atoms with van der Waals surface area (Å²) in [6, 6.07) is 36.3. The minimum absolute atomic E-state index is 0. The van der Waals surface area contributed by atoms with Crippen molar-refractivity contribution < 1.29 is 25.2 Å². The second kappa shape index (κ2) is 12.8. The summed E-state index contributed by atoms with van der Waals surface area (Å²) in [6.07, 6.45) is 1.85. The average Bonchev–Trinajstić information content (AvgIpc) is 3.52. The van der Waals surface area contributed by atoms with E-state index in [4.69, 9.17) is 14.8 Å². The molecular weight excluding hydrogens is 695 g/mol. The second-order valence-corrected chi connectivity index (χ2v) is 14.8. The van der Waals surface area contributed by atoms with Gasteiger partial charge < -0.3 is 9.30 Å². The third kappa shape index (κ3) is 6.25. The van der Waals surface area contributed by atoms with E-state index >= 15 is 0 Å². The van der Waals surface area contributed by atoms with E-state index in [0.717, 1.165) is 50.3 Å². The fourth-order valence-electron chi connectivity index (χ4n) is 6.86. The monoisotopic (exact) mass is 736 g/mol. The number of hydrogen-bond donors (Lipinski definition) is 0. The molecule has 7 aromatic rings. The summed E-state index contributed by atoms with van der Waals surface area (Å²) < 4.78 is 10.6. The van der Waals surface area contributed by atoms with Crippen molar-refractivity contribution in [2.75, 3.05) is 0 Å². The molecule has 0 spiro atoms. The summed E-state index contributed by atoms with van der Waals surface area (Å²) in [5.41, 5.74) is 11.1. The minimum Gasteiger partial charge on any atom is -0.509 e. The maximum atomic E-state index is 6.46. The zero-order chi connectivity index (χ0) is 34.0. The third-order valence-electron chi connectivity index (χ3n) is 9.11. The van der Waals surface area contributed by atoms with E-state index in [1.807, 2.05) is 41.2 Å². The number of para-hydroxylation sites is 1. The molecule has 0 aliphatic carbocycles. The predicted octanol–water partition coefficient (Wildman–Crippen LogP) is 10.9. The predicted molar refractivity (Wildman–Crippen MR) is 197 cm³/mol. The quantitative estimate of drug-likeness (QED) is 0.131. The van der Waals surface area contributed by atoms with Gasteiger partial charge in [0.1, 0.15) is 5.82 Å². The first-order chi connectivity index (χ1) is 22.8. The van der Waals surface area contributed by atoms with Gasteiger partial charge in [0.25, 0.3) is 0 Å². The molecule has 0 amide bonds. The van der Waals surface area contributed by atoms with Gasteiger partial charge in [-0.2, -0.15) is 17.2 Å². The molecule has 7 rings (SSSR count). The van der Waals surface area contributed by atoms with Gasteiger partial charge in [-0.3, -0.25) is 4.68 Å². The van der Waals surface area contributed by atoms with Gasteiger partial charge in [0.2, 0.25) is 0 Å². The fourth-order valence-corrected chi connectivity index (χ4v) is 6.86. The van der Waals surface area contributed by atoms with E-state index in [9.17, 15) is 0 Å². The van der Waals surface area contributed by atoms with Crippen LogP contribution >= 0.6 is 0 Å². The molecule has 0 N–H and O–H groups in total. The Morgan fingerprint density at radius 3 is 2.04 bits per heavy atom. The van der Waals surface area contributed by atoms with Gasteiger partial charge in [-0.05, 0) is 83.1 Å². The summed E-state index contributed by atoms with van der Waals surface area (Å²) in [5.74, 6) is 2.06. The van der Waals surface area contributed by atoms with Gasteiger partial charge in [0.05, 0.1) is 5.69 Å². The van der Waals surface area contributed by atoms with Crippen LogP contribution < -0.4 is 4.74 Å². The van der Waals surface area contributed by atoms with Crippen LogP contribution in [-0.2, 0) is 31.3 Å². The molecule has 0 saturated carbocycles. The second-order valence-electron chi connectivity index (χ2n) is 14.8. The van der Waals surface area contributed by atoms with E-state index in [1.54, 1.807) is 0 Å². The molecule has 0 aliphatic rings. The molecule has 4 aromatic carbocycles. The molecule has 3 heterocycles. The van der Waals surface area contributed by atoms with Crippen LogP contribution in [0.25, 0.3) is 44.4 Å². The maximum absolute atomic E-state index is 6.46. The number of benzene rings is 4. The third-order valence-corrected chi connectivity index (χ3v) is 9.11. The van der Waals surface area contributed by atoms with Crippen molar-refractivity contribution in [1.82, 2.24) is 19.3 Å². The molecule has 250 valence electrons. The number of nitrogens with zero attached hydrogens (tertiary/aromatic N) is 4. The van der Waals surface area contributed by atoms with Gasteiger partial charge in [0, 0.05) is 34.5 Å². The summed E-state index contributed by atoms with van der Waals surface area (Å²) >= 11 is 0. The van der Waals surface area contributed by atoms with Gasteiger partial charge in [-0.15, -0.1) is 35.7 Å². The smallest absolute Gasteiger partial charge is 0.509 e. The Morgan fingerprint density at radius 2 is 1.35 bits per heavy atom. The Kier molecular flexibility index (Phi) is 8.94. The van der Waals surface area contributed by atoms with Gasteiger partial charge in [-0.1, -0.05) is 83.5 Å². The largest absolute Gasteiger partial charge is 2.00 e. The standard InChI is InChI=1S/C43H42N4O.Pd/c1-27-22-23-44-39(24-27)46-37-19-11-10-16-33(37)34-21-20-32(26-38(34)46)48-31-15-12-14-30(25-31)47-29(3)40(28(2)45-47)41-35(42(4,5)6)17-13-18-36(41)43(7,8)9;/h10-24H,1-9H3;/q-2;+2. The van der Waals surface area contributed by atoms with Gasteiger partial charge in [0.15, 0.2) is 0 Å². The van der Waals surface area contributed by atoms with Crippen LogP contribution in [0.1, 0.15) is 69.6 Å². The first-order valence-electron chi connectivity index (χ1n) is 16.6. The van der Waals surface area contributed by atoms with Crippen molar-refractivity contribution >= 4 is 21.8 Å². The first-order valence-corrected chi connectivity index (χ1v) is 16.6. The zero-order valence-corrected chi connectivity index (χ0v) is 31.2. The van der Waals surface area contributed by atoms with E-state index in [-0.39, 0.29) is 31.3 Å². The molecular formula is C43H42N4OPd. The molecule has 0 bridgehead atoms. The van der Waals surface area contributed by atoms with E-state index in [1.165, 1.54) is 22.3 Å². The molecule has 49 heavy (non-hydrogen) atoms. The molecule has 6 heteroatoms. The minimum atomic E-state index is -0.0316. The van der Waals surface area contributed by atoms with Crippen LogP contribution in [0, 0.1) is 32.9 Å². The van der Waals surface area contributed by atoms with Crippen LogP contribution in [0.15, 0.2) is 91.1 Å². The van der Waals surface area contributed by atoms with Crippen molar-refractivity contribution in [1.29, 1.82) is 0 Å². The summed E-state index contributed by atoms with van der Waals surface area (Å²) in [7, 11) is 0. The fraction of sp³-hybridized carbons (Fsp3) is 0.256. The Balaban J connectivity index is 0.00000417. The molecule has 0 fully saturated rings. The van der Waals surface area contributed by atoms with Crippen molar-refractivity contribution in [2.24, 2.45) is 0 Å². The topological polar surface area (TPSA) is 44.9 Å². The Morgan fingerprint density at radius 1 is 0.673 bits per heavy atom. The number of aromatic nitrogens is 4. The van der Waals surface area contributed by atoms with Gasteiger partial charge in [-0.25, -0.2) is 4.98 Å². The number of rotatable bonds is 5. The summed E-state index contributed by atoms with van der Waals surface area (Å²) in [5, 5.41) is 7.33. The number of fused-ring (bicyclic) bond motifs is 3. The Bertz CT molecular complexity index is 2300. The number of hydrogen-bond acceptors (Lipinski definition) is 3. The van der Waals surface area contributed by atoms with Gasteiger partial charge >= 0.3 is 20.4 Å². The molecule has 0 aliphatic heterocycles. The van der Waals surface area contributed by atoms with Crippen molar-refractivity contribution in [3.8, 4) is 34.1 Å². The number of ether oxygens (including phenoxy) is 1. The number of pyridine rings is 1. The average molecular weight is 737 g/mol. The van der Waals surface area contributed by atoms with Crippen molar-refractivity contribution in [3.63, 3.8) is 0 Å². The Hall–Kier alpha value is -4.50. The zero-order valence-electron chi connectivity index (χ0n) is 29.7. The molecule has 0 atom stereocenters. The van der Waals surface area contributed by atoms with Crippen LogP contribution in [0.5, 0.6) is 11.5 Å². The maximum Gasteiger partial charge on any atom is 2.00 e. The number of aryl methyl sites for hydroxylation is 2. The van der Waals surface area contributed by atoms with E-state index < -0.39 is 0 Å². The first kappa shape index (κ1) is 34.4. The molecule has 0 saturated heterocycles. The Labute approximate surface area is 303 Å². The summed E-state index contributed by atoms with van der Waals surface area (Å²) in [6.45, 7) is 20.1. The normalized spacial score (nSPS) is 12.0. The molecule has 0 unspecified atom stereocenters.